The lowest BCUT2D eigenvalue weighted by Gasteiger charge is -2.13. The van der Waals surface area contributed by atoms with Gasteiger partial charge in [-0.15, -0.1) is 13.2 Å². The molecule has 0 heterocycles. The van der Waals surface area contributed by atoms with E-state index in [0.717, 1.165) is 5.56 Å². The van der Waals surface area contributed by atoms with Gasteiger partial charge in [-0.1, -0.05) is 26.0 Å². The van der Waals surface area contributed by atoms with E-state index < -0.39 is 6.36 Å². The summed E-state index contributed by atoms with van der Waals surface area (Å²) in [6.07, 6.45) is -4.62. The van der Waals surface area contributed by atoms with Crippen molar-refractivity contribution in [2.24, 2.45) is 0 Å². The molecular weight excluding hydrogens is 205 g/mol. The lowest BCUT2D eigenvalue weighted by atomic mass is 10.0. The highest BCUT2D eigenvalue weighted by Gasteiger charge is 2.31. The quantitative estimate of drug-likeness (QED) is 0.728. The molecule has 0 bridgehead atoms. The van der Waals surface area contributed by atoms with Crippen LogP contribution in [0.4, 0.5) is 13.2 Å². The molecule has 15 heavy (non-hydrogen) atoms. The highest BCUT2D eigenvalue weighted by Crippen LogP contribution is 2.29. The van der Waals surface area contributed by atoms with Gasteiger partial charge in [0.25, 0.3) is 0 Å². The van der Waals surface area contributed by atoms with Crippen LogP contribution in [0.15, 0.2) is 18.2 Å². The summed E-state index contributed by atoms with van der Waals surface area (Å²) in [6.45, 7) is 5.43. The summed E-state index contributed by atoms with van der Waals surface area (Å²) >= 11 is 0. The number of hydrogen-bond acceptors (Lipinski definition) is 1. The second-order valence-corrected chi connectivity index (χ2v) is 3.73. The van der Waals surface area contributed by atoms with Crippen molar-refractivity contribution in [3.05, 3.63) is 29.3 Å². The molecule has 4 heteroatoms. The first-order chi connectivity index (χ1) is 6.79. The maximum atomic E-state index is 12.0. The number of alkyl halides is 3. The standard InChI is InChI=1S/C11H13F3O/c1-7(2)9-5-4-8(3)10(6-9)15-11(12,13)14/h4-7H,1-3H3. The summed E-state index contributed by atoms with van der Waals surface area (Å²) in [7, 11) is 0. The fourth-order valence-corrected chi connectivity index (χ4v) is 1.21. The van der Waals surface area contributed by atoms with Crippen LogP contribution in [0.1, 0.15) is 30.9 Å². The van der Waals surface area contributed by atoms with Crippen LogP contribution >= 0.6 is 0 Å². The van der Waals surface area contributed by atoms with Crippen LogP contribution in [0, 0.1) is 6.92 Å². The lowest BCUT2D eigenvalue weighted by Crippen LogP contribution is -2.17. The maximum absolute atomic E-state index is 12.0. The van der Waals surface area contributed by atoms with Gasteiger partial charge in [0.2, 0.25) is 0 Å². The van der Waals surface area contributed by atoms with Crippen LogP contribution in [0.5, 0.6) is 5.75 Å². The molecule has 0 aromatic heterocycles. The number of ether oxygens (including phenoxy) is 1. The molecule has 1 aromatic rings. The SMILES string of the molecule is Cc1ccc(C(C)C)cc1OC(F)(F)F. The molecule has 0 saturated carbocycles. The molecule has 1 nitrogen and oxygen atoms in total. The van der Waals surface area contributed by atoms with Gasteiger partial charge in [-0.05, 0) is 30.0 Å². The third-order valence-electron chi connectivity index (χ3n) is 2.10. The van der Waals surface area contributed by atoms with Gasteiger partial charge in [-0.2, -0.15) is 0 Å². The van der Waals surface area contributed by atoms with E-state index in [4.69, 9.17) is 0 Å². The molecule has 0 spiro atoms. The van der Waals surface area contributed by atoms with Gasteiger partial charge in [0.1, 0.15) is 5.75 Å². The Balaban J connectivity index is 3.01. The Hall–Kier alpha value is -1.19. The van der Waals surface area contributed by atoms with Gasteiger partial charge < -0.3 is 4.74 Å². The summed E-state index contributed by atoms with van der Waals surface area (Å²) in [4.78, 5) is 0. The van der Waals surface area contributed by atoms with Crippen LogP contribution in [0.25, 0.3) is 0 Å². The first-order valence-electron chi connectivity index (χ1n) is 4.66. The predicted molar refractivity (Wildman–Crippen MR) is 52.0 cm³/mol. The Labute approximate surface area is 86.9 Å². The van der Waals surface area contributed by atoms with Crippen LogP contribution in [0.2, 0.25) is 0 Å². The third-order valence-corrected chi connectivity index (χ3v) is 2.10. The predicted octanol–water partition coefficient (Wildman–Crippen LogP) is 4.02. The Morgan fingerprint density at radius 2 is 1.80 bits per heavy atom. The van der Waals surface area contributed by atoms with E-state index in [2.05, 4.69) is 4.74 Å². The van der Waals surface area contributed by atoms with Crippen LogP contribution in [-0.2, 0) is 0 Å². The first-order valence-corrected chi connectivity index (χ1v) is 4.66. The van der Waals surface area contributed by atoms with Gasteiger partial charge in [0, 0.05) is 0 Å². The van der Waals surface area contributed by atoms with E-state index in [-0.39, 0.29) is 11.7 Å². The van der Waals surface area contributed by atoms with Crippen molar-refractivity contribution in [3.8, 4) is 5.75 Å². The molecule has 0 unspecified atom stereocenters. The summed E-state index contributed by atoms with van der Waals surface area (Å²) < 4.78 is 40.0. The van der Waals surface area contributed by atoms with Crippen LogP contribution < -0.4 is 4.74 Å². The van der Waals surface area contributed by atoms with E-state index in [1.807, 2.05) is 19.9 Å². The largest absolute Gasteiger partial charge is 0.573 e. The average molecular weight is 218 g/mol. The molecule has 1 aromatic carbocycles. The zero-order chi connectivity index (χ0) is 11.6. The molecule has 0 aliphatic rings. The topological polar surface area (TPSA) is 9.23 Å². The van der Waals surface area contributed by atoms with Crippen molar-refractivity contribution in [2.45, 2.75) is 33.1 Å². The molecular formula is C11H13F3O. The van der Waals surface area contributed by atoms with Crippen molar-refractivity contribution in [1.82, 2.24) is 0 Å². The van der Waals surface area contributed by atoms with E-state index in [9.17, 15) is 13.2 Å². The average Bonchev–Trinajstić information content (AvgIpc) is 2.06. The van der Waals surface area contributed by atoms with Gasteiger partial charge >= 0.3 is 6.36 Å². The zero-order valence-corrected chi connectivity index (χ0v) is 8.85. The first kappa shape index (κ1) is 11.9. The lowest BCUT2D eigenvalue weighted by molar-refractivity contribution is -0.274. The van der Waals surface area contributed by atoms with Gasteiger partial charge in [-0.3, -0.25) is 0 Å². The Morgan fingerprint density at radius 1 is 1.20 bits per heavy atom. The van der Waals surface area contributed by atoms with E-state index in [1.54, 1.807) is 13.0 Å². The van der Waals surface area contributed by atoms with Crippen molar-refractivity contribution < 1.29 is 17.9 Å². The van der Waals surface area contributed by atoms with Gasteiger partial charge in [0.05, 0.1) is 0 Å². The molecule has 1 rings (SSSR count). The summed E-state index contributed by atoms with van der Waals surface area (Å²) in [5.74, 6) is 0.0647. The van der Waals surface area contributed by atoms with E-state index >= 15 is 0 Å². The van der Waals surface area contributed by atoms with Crippen molar-refractivity contribution in [3.63, 3.8) is 0 Å². The summed E-state index contributed by atoms with van der Waals surface area (Å²) in [5.41, 5.74) is 1.32. The van der Waals surface area contributed by atoms with Crippen LogP contribution in [0.3, 0.4) is 0 Å². The minimum Gasteiger partial charge on any atom is -0.406 e. The van der Waals surface area contributed by atoms with Crippen molar-refractivity contribution >= 4 is 0 Å². The number of hydrogen-bond donors (Lipinski definition) is 0. The summed E-state index contributed by atoms with van der Waals surface area (Å²) in [6, 6.07) is 4.88. The number of aryl methyl sites for hydroxylation is 1. The smallest absolute Gasteiger partial charge is 0.406 e. The van der Waals surface area contributed by atoms with E-state index in [0.29, 0.717) is 5.56 Å². The highest BCUT2D eigenvalue weighted by atomic mass is 19.4. The second kappa shape index (κ2) is 4.13. The molecule has 84 valence electrons. The fraction of sp³-hybridized carbons (Fsp3) is 0.455. The Kier molecular flexibility index (Phi) is 3.27. The number of rotatable bonds is 2. The van der Waals surface area contributed by atoms with Crippen molar-refractivity contribution in [2.75, 3.05) is 0 Å². The van der Waals surface area contributed by atoms with Gasteiger partial charge in [0.15, 0.2) is 0 Å². The normalized spacial score (nSPS) is 11.9. The van der Waals surface area contributed by atoms with Gasteiger partial charge in [-0.25, -0.2) is 0 Å². The molecule has 0 aliphatic heterocycles. The molecule has 0 N–H and O–H groups in total. The maximum Gasteiger partial charge on any atom is 0.573 e. The molecule has 0 aliphatic carbocycles. The molecule has 0 fully saturated rings. The molecule has 0 radical (unpaired) electrons. The second-order valence-electron chi connectivity index (χ2n) is 3.73. The number of benzene rings is 1. The fourth-order valence-electron chi connectivity index (χ4n) is 1.21. The van der Waals surface area contributed by atoms with Crippen LogP contribution in [-0.4, -0.2) is 6.36 Å². The zero-order valence-electron chi connectivity index (χ0n) is 8.85. The molecule has 0 amide bonds. The minimum atomic E-state index is -4.62. The summed E-state index contributed by atoms with van der Waals surface area (Å²) in [5, 5.41) is 0. The molecule has 0 saturated heterocycles. The Bertz CT molecular complexity index is 342. The monoisotopic (exact) mass is 218 g/mol. The van der Waals surface area contributed by atoms with E-state index in [1.165, 1.54) is 6.07 Å². The third kappa shape index (κ3) is 3.46. The Morgan fingerprint density at radius 3 is 2.27 bits per heavy atom. The molecule has 0 atom stereocenters. The highest BCUT2D eigenvalue weighted by molar-refractivity contribution is 5.37. The number of halogens is 3. The van der Waals surface area contributed by atoms with Crippen molar-refractivity contribution in [1.29, 1.82) is 0 Å². The minimum absolute atomic E-state index is 0.117.